The maximum Gasteiger partial charge on any atom is 0.220 e. The highest BCUT2D eigenvalue weighted by Gasteiger charge is 2.12. The van der Waals surface area contributed by atoms with Gasteiger partial charge >= 0.3 is 0 Å². The summed E-state index contributed by atoms with van der Waals surface area (Å²) >= 11 is 0. The molecule has 3 nitrogen and oxygen atoms in total. The number of carbonyl (C=O) groups excluding carboxylic acids is 1. The van der Waals surface area contributed by atoms with Crippen molar-refractivity contribution in [1.82, 2.24) is 5.32 Å². The van der Waals surface area contributed by atoms with Gasteiger partial charge in [-0.3, -0.25) is 4.79 Å². The predicted octanol–water partition coefficient (Wildman–Crippen LogP) is 6.55. The fourth-order valence-corrected chi connectivity index (χ4v) is 3.40. The third-order valence-electron chi connectivity index (χ3n) is 5.01. The number of hydrogen-bond acceptors (Lipinski definition) is 2. The molecule has 0 unspecified atom stereocenters. The van der Waals surface area contributed by atoms with E-state index in [2.05, 4.69) is 38.2 Å². The number of amides is 1. The molecule has 0 saturated carbocycles. The number of hydrogen-bond donors (Lipinski definition) is 2. The van der Waals surface area contributed by atoms with Crippen molar-refractivity contribution in [3.63, 3.8) is 0 Å². The molecule has 0 bridgehead atoms. The molecule has 0 heterocycles. The van der Waals surface area contributed by atoms with Gasteiger partial charge < -0.3 is 10.4 Å². The fraction of sp³-hybridized carbons (Fsp3) is 0.875. The van der Waals surface area contributed by atoms with Crippen LogP contribution >= 0.6 is 0 Å². The zero-order valence-corrected chi connectivity index (χ0v) is 18.5. The van der Waals surface area contributed by atoms with Gasteiger partial charge in [0.1, 0.15) is 0 Å². The van der Waals surface area contributed by atoms with Gasteiger partial charge in [0, 0.05) is 6.42 Å². The summed E-state index contributed by atoms with van der Waals surface area (Å²) in [6.45, 7) is 6.52. The van der Waals surface area contributed by atoms with Crippen molar-refractivity contribution in [1.29, 1.82) is 0 Å². The lowest BCUT2D eigenvalue weighted by atomic mass is 10.0. The summed E-state index contributed by atoms with van der Waals surface area (Å²) in [5.74, 6) is 0.578. The SMILES string of the molecule is CCCCCCCCC=CCCCCCCCC(=O)N[C@H](CO)CC(C)C. The molecule has 3 heteroatoms. The minimum Gasteiger partial charge on any atom is -0.394 e. The van der Waals surface area contributed by atoms with Crippen molar-refractivity contribution in [2.75, 3.05) is 6.61 Å². The molecular formula is C24H47NO2. The molecule has 0 fully saturated rings. The van der Waals surface area contributed by atoms with Crippen molar-refractivity contribution >= 4 is 5.91 Å². The quantitative estimate of drug-likeness (QED) is 0.197. The van der Waals surface area contributed by atoms with Crippen LogP contribution in [0.15, 0.2) is 12.2 Å². The molecule has 0 aliphatic carbocycles. The molecule has 0 aliphatic heterocycles. The summed E-state index contributed by atoms with van der Waals surface area (Å²) in [4.78, 5) is 11.9. The zero-order valence-electron chi connectivity index (χ0n) is 18.5. The second-order valence-corrected chi connectivity index (χ2v) is 8.41. The van der Waals surface area contributed by atoms with Gasteiger partial charge in [0.15, 0.2) is 0 Å². The first-order chi connectivity index (χ1) is 13.1. The fourth-order valence-electron chi connectivity index (χ4n) is 3.40. The number of allylic oxidation sites excluding steroid dienone is 2. The number of carbonyl (C=O) groups is 1. The number of unbranched alkanes of at least 4 members (excludes halogenated alkanes) is 11. The van der Waals surface area contributed by atoms with Crippen LogP contribution in [0.2, 0.25) is 0 Å². The Hall–Kier alpha value is -0.830. The minimum absolute atomic E-state index is 0.0380. The highest BCUT2D eigenvalue weighted by Crippen LogP contribution is 2.10. The Morgan fingerprint density at radius 3 is 1.89 bits per heavy atom. The Labute approximate surface area is 169 Å². The summed E-state index contributed by atoms with van der Waals surface area (Å²) in [6, 6.07) is -0.0828. The van der Waals surface area contributed by atoms with Gasteiger partial charge in [0.2, 0.25) is 5.91 Å². The Bertz CT molecular complexity index is 352. The Morgan fingerprint density at radius 1 is 0.852 bits per heavy atom. The maximum absolute atomic E-state index is 11.9. The lowest BCUT2D eigenvalue weighted by Crippen LogP contribution is -2.38. The Kier molecular flexibility index (Phi) is 19.3. The molecule has 0 aliphatic rings. The van der Waals surface area contributed by atoms with Gasteiger partial charge in [-0.15, -0.1) is 0 Å². The van der Waals surface area contributed by atoms with Crippen LogP contribution in [0.1, 0.15) is 117 Å². The average Bonchev–Trinajstić information content (AvgIpc) is 2.64. The van der Waals surface area contributed by atoms with Crippen molar-refractivity contribution in [3.8, 4) is 0 Å². The first-order valence-electron chi connectivity index (χ1n) is 11.6. The van der Waals surface area contributed by atoms with E-state index in [1.807, 2.05) is 0 Å². The van der Waals surface area contributed by atoms with Crippen LogP contribution in [0.5, 0.6) is 0 Å². The predicted molar refractivity (Wildman–Crippen MR) is 118 cm³/mol. The molecule has 27 heavy (non-hydrogen) atoms. The van der Waals surface area contributed by atoms with Crippen LogP contribution < -0.4 is 5.32 Å². The zero-order chi connectivity index (χ0) is 20.2. The number of nitrogens with one attached hydrogen (secondary N) is 1. The highest BCUT2D eigenvalue weighted by atomic mass is 16.3. The molecule has 160 valence electrons. The van der Waals surface area contributed by atoms with Crippen LogP contribution in [0.3, 0.4) is 0 Å². The van der Waals surface area contributed by atoms with E-state index < -0.39 is 0 Å². The molecular weight excluding hydrogens is 334 g/mol. The van der Waals surface area contributed by atoms with Crippen molar-refractivity contribution in [3.05, 3.63) is 12.2 Å². The summed E-state index contributed by atoms with van der Waals surface area (Å²) < 4.78 is 0. The largest absolute Gasteiger partial charge is 0.394 e. The smallest absolute Gasteiger partial charge is 0.220 e. The Morgan fingerprint density at radius 2 is 1.37 bits per heavy atom. The lowest BCUT2D eigenvalue weighted by molar-refractivity contribution is -0.122. The molecule has 0 rings (SSSR count). The van der Waals surface area contributed by atoms with Crippen LogP contribution in [0.4, 0.5) is 0 Å². The first-order valence-corrected chi connectivity index (χ1v) is 11.6. The highest BCUT2D eigenvalue weighted by molar-refractivity contribution is 5.76. The van der Waals surface area contributed by atoms with Crippen molar-refractivity contribution in [2.45, 2.75) is 123 Å². The monoisotopic (exact) mass is 381 g/mol. The van der Waals surface area contributed by atoms with Crippen LogP contribution in [0, 0.1) is 5.92 Å². The van der Waals surface area contributed by atoms with E-state index in [4.69, 9.17) is 0 Å². The second kappa shape index (κ2) is 19.9. The summed E-state index contributed by atoms with van der Waals surface area (Å²) in [6.07, 6.45) is 22.7. The van der Waals surface area contributed by atoms with Crippen molar-refractivity contribution in [2.24, 2.45) is 5.92 Å². The van der Waals surface area contributed by atoms with E-state index in [0.717, 1.165) is 19.3 Å². The van der Waals surface area contributed by atoms with Crippen molar-refractivity contribution < 1.29 is 9.90 Å². The minimum atomic E-state index is -0.0828. The molecule has 0 saturated heterocycles. The molecule has 0 aromatic carbocycles. The van der Waals surface area contributed by atoms with Gasteiger partial charge in [-0.25, -0.2) is 0 Å². The van der Waals surface area contributed by atoms with Gasteiger partial charge in [-0.2, -0.15) is 0 Å². The van der Waals surface area contributed by atoms with Gasteiger partial charge in [0.25, 0.3) is 0 Å². The molecule has 0 radical (unpaired) electrons. The van der Waals surface area contributed by atoms with E-state index in [1.54, 1.807) is 0 Å². The number of aliphatic hydroxyl groups excluding tert-OH is 1. The topological polar surface area (TPSA) is 49.3 Å². The van der Waals surface area contributed by atoms with E-state index in [1.165, 1.54) is 70.6 Å². The first kappa shape index (κ1) is 26.2. The third-order valence-corrected chi connectivity index (χ3v) is 5.01. The molecule has 1 atom stereocenters. The molecule has 0 aromatic heterocycles. The summed E-state index contributed by atoms with van der Waals surface area (Å²) in [7, 11) is 0. The average molecular weight is 382 g/mol. The third kappa shape index (κ3) is 19.7. The maximum atomic E-state index is 11.9. The van der Waals surface area contributed by atoms with Gasteiger partial charge in [-0.05, 0) is 44.4 Å². The number of rotatable bonds is 19. The Balaban J connectivity index is 3.39. The van der Waals surface area contributed by atoms with E-state index in [9.17, 15) is 9.90 Å². The van der Waals surface area contributed by atoms with E-state index in [-0.39, 0.29) is 18.6 Å². The van der Waals surface area contributed by atoms with Gasteiger partial charge in [-0.1, -0.05) is 84.3 Å². The molecule has 0 aromatic rings. The second-order valence-electron chi connectivity index (χ2n) is 8.41. The summed E-state index contributed by atoms with van der Waals surface area (Å²) in [5, 5.41) is 12.3. The molecule has 1 amide bonds. The van der Waals surface area contributed by atoms with E-state index in [0.29, 0.717) is 12.3 Å². The normalized spacial score (nSPS) is 12.8. The molecule has 2 N–H and O–H groups in total. The standard InChI is InChI=1S/C24H47NO2/c1-4-5-6-7-8-9-10-11-12-13-14-15-16-17-18-19-24(27)25-23(21-26)20-22(2)3/h11-12,22-23,26H,4-10,13-21H2,1-3H3,(H,25,27)/t23-/m0/s1. The molecule has 0 spiro atoms. The lowest BCUT2D eigenvalue weighted by Gasteiger charge is -2.18. The van der Waals surface area contributed by atoms with Crippen LogP contribution in [-0.4, -0.2) is 23.7 Å². The van der Waals surface area contributed by atoms with Gasteiger partial charge in [0.05, 0.1) is 12.6 Å². The summed E-state index contributed by atoms with van der Waals surface area (Å²) in [5.41, 5.74) is 0. The van der Waals surface area contributed by atoms with Crippen LogP contribution in [0.25, 0.3) is 0 Å². The van der Waals surface area contributed by atoms with Crippen LogP contribution in [-0.2, 0) is 4.79 Å². The van der Waals surface area contributed by atoms with E-state index >= 15 is 0 Å². The number of aliphatic hydroxyl groups is 1.